The smallest absolute Gasteiger partial charge is 0.0488 e. The zero-order chi connectivity index (χ0) is 14.4. The number of likely N-dealkylation sites (N-methyl/N-ethyl adjacent to an activating group) is 1. The molecule has 2 unspecified atom stereocenters. The number of hydrogen-bond acceptors (Lipinski definition) is 2. The van der Waals surface area contributed by atoms with E-state index in [0.29, 0.717) is 12.0 Å². The van der Waals surface area contributed by atoms with E-state index < -0.39 is 0 Å². The summed E-state index contributed by atoms with van der Waals surface area (Å²) in [5, 5.41) is 7.24. The molecule has 0 saturated carbocycles. The molecule has 2 aromatic carbocycles. The van der Waals surface area contributed by atoms with Crippen LogP contribution in [0.15, 0.2) is 52.3 Å². The van der Waals surface area contributed by atoms with Gasteiger partial charge in [-0.15, -0.1) is 11.3 Å². The molecule has 1 heterocycles. The first-order chi connectivity index (χ1) is 10.3. The van der Waals surface area contributed by atoms with Crippen molar-refractivity contribution < 1.29 is 0 Å². The van der Waals surface area contributed by atoms with E-state index >= 15 is 0 Å². The lowest BCUT2D eigenvalue weighted by molar-refractivity contribution is 0.442. The van der Waals surface area contributed by atoms with E-state index in [1.54, 1.807) is 0 Å². The highest BCUT2D eigenvalue weighted by Gasteiger charge is 2.33. The lowest BCUT2D eigenvalue weighted by Crippen LogP contribution is -2.31. The third kappa shape index (κ3) is 2.07. The largest absolute Gasteiger partial charge is 0.312 e. The minimum Gasteiger partial charge on any atom is -0.312 e. The predicted octanol–water partition coefficient (Wildman–Crippen LogP) is 5.26. The number of nitrogens with one attached hydrogen (secondary N) is 1. The van der Waals surface area contributed by atoms with Crippen molar-refractivity contribution in [3.05, 3.63) is 69.0 Å². The lowest BCUT2D eigenvalue weighted by Gasteiger charge is -2.36. The van der Waals surface area contributed by atoms with Crippen LogP contribution in [0.25, 0.3) is 10.1 Å². The van der Waals surface area contributed by atoms with Gasteiger partial charge in [0.25, 0.3) is 0 Å². The fourth-order valence-corrected chi connectivity index (χ4v) is 5.11. The van der Waals surface area contributed by atoms with Gasteiger partial charge in [-0.3, -0.25) is 0 Å². The molecule has 3 aromatic rings. The summed E-state index contributed by atoms with van der Waals surface area (Å²) < 4.78 is 2.54. The molecule has 4 rings (SSSR count). The summed E-state index contributed by atoms with van der Waals surface area (Å²) in [7, 11) is 2.08. The maximum absolute atomic E-state index is 3.67. The van der Waals surface area contributed by atoms with Gasteiger partial charge in [0.2, 0.25) is 0 Å². The van der Waals surface area contributed by atoms with Crippen molar-refractivity contribution >= 4 is 37.4 Å². The van der Waals surface area contributed by atoms with E-state index in [4.69, 9.17) is 0 Å². The SMILES string of the molecule is CNC(c1csc2c(Br)cccc12)C1Cc2ccccc21. The van der Waals surface area contributed by atoms with Crippen molar-refractivity contribution in [3.8, 4) is 0 Å². The van der Waals surface area contributed by atoms with Crippen LogP contribution in [0.1, 0.15) is 28.7 Å². The maximum Gasteiger partial charge on any atom is 0.0488 e. The van der Waals surface area contributed by atoms with Crippen molar-refractivity contribution in [2.24, 2.45) is 0 Å². The summed E-state index contributed by atoms with van der Waals surface area (Å²) in [4.78, 5) is 0. The molecule has 0 saturated heterocycles. The van der Waals surface area contributed by atoms with Crippen LogP contribution >= 0.6 is 27.3 Å². The number of thiophene rings is 1. The Kier molecular flexibility index (Phi) is 3.37. The molecule has 0 fully saturated rings. The average Bonchev–Trinajstić information content (AvgIpc) is 2.90. The molecule has 21 heavy (non-hydrogen) atoms. The van der Waals surface area contributed by atoms with Crippen molar-refractivity contribution in [3.63, 3.8) is 0 Å². The number of benzene rings is 2. The molecule has 0 aliphatic heterocycles. The summed E-state index contributed by atoms with van der Waals surface area (Å²) >= 11 is 5.50. The zero-order valence-electron chi connectivity index (χ0n) is 11.8. The summed E-state index contributed by atoms with van der Waals surface area (Å²) in [6.45, 7) is 0. The predicted molar refractivity (Wildman–Crippen MR) is 94.2 cm³/mol. The first kappa shape index (κ1) is 13.5. The second-order valence-electron chi connectivity index (χ2n) is 5.58. The molecule has 0 amide bonds. The van der Waals surface area contributed by atoms with Crippen LogP contribution < -0.4 is 5.32 Å². The number of rotatable bonds is 3. The fourth-order valence-electron chi connectivity index (χ4n) is 3.45. The van der Waals surface area contributed by atoms with E-state index in [1.807, 2.05) is 11.3 Å². The first-order valence-corrected chi connectivity index (χ1v) is 8.87. The Morgan fingerprint density at radius 2 is 2.05 bits per heavy atom. The van der Waals surface area contributed by atoms with Crippen molar-refractivity contribution in [1.82, 2.24) is 5.32 Å². The molecule has 1 nitrogen and oxygen atoms in total. The quantitative estimate of drug-likeness (QED) is 0.673. The fraction of sp³-hybridized carbons (Fsp3) is 0.222. The lowest BCUT2D eigenvalue weighted by atomic mass is 9.72. The van der Waals surface area contributed by atoms with E-state index in [0.717, 1.165) is 0 Å². The Bertz CT molecular complexity index is 808. The Balaban J connectivity index is 1.78. The maximum atomic E-state index is 3.67. The Morgan fingerprint density at radius 3 is 2.86 bits per heavy atom. The van der Waals surface area contributed by atoms with Gasteiger partial charge in [0.15, 0.2) is 0 Å². The van der Waals surface area contributed by atoms with Gasteiger partial charge < -0.3 is 5.32 Å². The van der Waals surface area contributed by atoms with Crippen molar-refractivity contribution in [1.29, 1.82) is 0 Å². The molecule has 1 aromatic heterocycles. The normalized spacial score (nSPS) is 18.3. The van der Waals surface area contributed by atoms with Gasteiger partial charge in [-0.2, -0.15) is 0 Å². The van der Waals surface area contributed by atoms with Crippen LogP contribution in [0, 0.1) is 0 Å². The molecule has 1 aliphatic rings. The molecule has 2 atom stereocenters. The standard InChI is InChI=1S/C18H16BrNS/c1-20-17(14-9-11-5-2-3-6-12(11)14)15-10-21-18-13(15)7-4-8-16(18)19/h2-8,10,14,17,20H,9H2,1H3. The molecule has 1 aliphatic carbocycles. The summed E-state index contributed by atoms with van der Waals surface area (Å²) in [5.74, 6) is 0.586. The first-order valence-electron chi connectivity index (χ1n) is 7.20. The van der Waals surface area contributed by atoms with Gasteiger partial charge in [-0.05, 0) is 62.9 Å². The average molecular weight is 358 g/mol. The van der Waals surface area contributed by atoms with E-state index in [9.17, 15) is 0 Å². The molecular weight excluding hydrogens is 342 g/mol. The zero-order valence-corrected chi connectivity index (χ0v) is 14.2. The molecule has 0 spiro atoms. The second kappa shape index (κ2) is 5.24. The Labute approximate surface area is 137 Å². The van der Waals surface area contributed by atoms with Crippen LogP contribution in [0.3, 0.4) is 0 Å². The summed E-state index contributed by atoms with van der Waals surface area (Å²) in [6.07, 6.45) is 1.17. The minimum atomic E-state index is 0.392. The highest BCUT2D eigenvalue weighted by molar-refractivity contribution is 9.10. The van der Waals surface area contributed by atoms with E-state index in [-0.39, 0.29) is 0 Å². The van der Waals surface area contributed by atoms with Gasteiger partial charge in [0.1, 0.15) is 0 Å². The summed E-state index contributed by atoms with van der Waals surface area (Å²) in [5.41, 5.74) is 4.44. The van der Waals surface area contributed by atoms with Gasteiger partial charge >= 0.3 is 0 Å². The minimum absolute atomic E-state index is 0.392. The molecule has 0 bridgehead atoms. The second-order valence-corrected chi connectivity index (χ2v) is 7.32. The highest BCUT2D eigenvalue weighted by Crippen LogP contribution is 2.46. The number of hydrogen-bond donors (Lipinski definition) is 1. The van der Waals surface area contributed by atoms with Crippen LogP contribution in [0.5, 0.6) is 0 Å². The molecule has 3 heteroatoms. The van der Waals surface area contributed by atoms with Gasteiger partial charge in [-0.1, -0.05) is 36.4 Å². The monoisotopic (exact) mass is 357 g/mol. The number of fused-ring (bicyclic) bond motifs is 2. The van der Waals surface area contributed by atoms with Crippen LogP contribution in [-0.4, -0.2) is 7.05 Å². The van der Waals surface area contributed by atoms with Crippen molar-refractivity contribution in [2.75, 3.05) is 7.05 Å². The molecule has 0 radical (unpaired) electrons. The van der Waals surface area contributed by atoms with Crippen LogP contribution in [-0.2, 0) is 6.42 Å². The molecule has 106 valence electrons. The number of halogens is 1. The van der Waals surface area contributed by atoms with Crippen LogP contribution in [0.2, 0.25) is 0 Å². The molecular formula is C18H16BrNS. The van der Waals surface area contributed by atoms with E-state index in [1.165, 1.54) is 37.7 Å². The van der Waals surface area contributed by atoms with Gasteiger partial charge in [0.05, 0.1) is 0 Å². The van der Waals surface area contributed by atoms with Crippen LogP contribution in [0.4, 0.5) is 0 Å². The third-order valence-electron chi connectivity index (χ3n) is 4.52. The Hall–Kier alpha value is -1.16. The van der Waals surface area contributed by atoms with Gasteiger partial charge in [-0.25, -0.2) is 0 Å². The third-order valence-corrected chi connectivity index (χ3v) is 6.50. The Morgan fingerprint density at radius 1 is 1.19 bits per heavy atom. The van der Waals surface area contributed by atoms with E-state index in [2.05, 4.69) is 76.1 Å². The molecule has 1 N–H and O–H groups in total. The van der Waals surface area contributed by atoms with Gasteiger partial charge in [0, 0.05) is 21.1 Å². The highest BCUT2D eigenvalue weighted by atomic mass is 79.9. The van der Waals surface area contributed by atoms with Crippen molar-refractivity contribution in [2.45, 2.75) is 18.4 Å². The summed E-state index contributed by atoms with van der Waals surface area (Å²) in [6, 6.07) is 15.7. The topological polar surface area (TPSA) is 12.0 Å².